The van der Waals surface area contributed by atoms with Crippen LogP contribution in [0.1, 0.15) is 26.5 Å². The highest BCUT2D eigenvalue weighted by Gasteiger charge is 2.36. The Morgan fingerprint density at radius 1 is 0.963 bits per heavy atom. The van der Waals surface area contributed by atoms with Gasteiger partial charge in [-0.3, -0.25) is 0 Å². The van der Waals surface area contributed by atoms with Gasteiger partial charge >= 0.3 is 0 Å². The lowest BCUT2D eigenvalue weighted by Gasteiger charge is -2.20. The molecule has 0 aliphatic carbocycles. The molecule has 2 atom stereocenters. The topological polar surface area (TPSA) is 33.1 Å². The van der Waals surface area contributed by atoms with E-state index in [1.54, 1.807) is 0 Å². The molecule has 2 aliphatic heterocycles. The molecule has 27 heavy (non-hydrogen) atoms. The van der Waals surface area contributed by atoms with Crippen molar-refractivity contribution in [2.45, 2.75) is 27.2 Å². The van der Waals surface area contributed by atoms with E-state index in [1.165, 1.54) is 48.5 Å². The first-order valence-electron chi connectivity index (χ1n) is 10.4. The number of rotatable bonds is 3. The van der Waals surface area contributed by atoms with Gasteiger partial charge in [-0.2, -0.15) is 5.10 Å². The van der Waals surface area contributed by atoms with Gasteiger partial charge in [0.2, 0.25) is 0 Å². The van der Waals surface area contributed by atoms with E-state index in [0.29, 0.717) is 0 Å². The van der Waals surface area contributed by atoms with Gasteiger partial charge in [-0.1, -0.05) is 39.0 Å². The molecular formula is C23H30N4. The van der Waals surface area contributed by atoms with Crippen molar-refractivity contribution in [2.75, 3.05) is 31.1 Å². The van der Waals surface area contributed by atoms with E-state index < -0.39 is 0 Å². The lowest BCUT2D eigenvalue weighted by Crippen LogP contribution is -2.25. The van der Waals surface area contributed by atoms with Gasteiger partial charge in [-0.25, -0.2) is 4.68 Å². The van der Waals surface area contributed by atoms with Crippen LogP contribution >= 0.6 is 0 Å². The van der Waals surface area contributed by atoms with Gasteiger partial charge in [0.05, 0.1) is 16.9 Å². The average Bonchev–Trinajstić information content (AvgIpc) is 3.42. The second-order valence-corrected chi connectivity index (χ2v) is 7.33. The van der Waals surface area contributed by atoms with Gasteiger partial charge in [0, 0.05) is 37.3 Å². The summed E-state index contributed by atoms with van der Waals surface area (Å²) in [5, 5.41) is 9.69. The molecule has 2 saturated heterocycles. The summed E-state index contributed by atoms with van der Waals surface area (Å²) in [6.45, 7) is 10.9. The summed E-state index contributed by atoms with van der Waals surface area (Å²) >= 11 is 0. The van der Waals surface area contributed by atoms with Crippen molar-refractivity contribution >= 4 is 16.6 Å². The third-order valence-electron chi connectivity index (χ3n) is 5.83. The second kappa shape index (κ2) is 7.73. The molecule has 2 aliphatic rings. The highest BCUT2D eigenvalue weighted by atomic mass is 15.3. The largest absolute Gasteiger partial charge is 0.371 e. The molecule has 0 spiro atoms. The highest BCUT2D eigenvalue weighted by Crippen LogP contribution is 2.33. The van der Waals surface area contributed by atoms with E-state index in [9.17, 15) is 0 Å². The van der Waals surface area contributed by atoms with Crippen molar-refractivity contribution in [3.8, 4) is 5.69 Å². The fourth-order valence-corrected chi connectivity index (χ4v) is 4.46. The molecule has 1 aromatic heterocycles. The van der Waals surface area contributed by atoms with Crippen LogP contribution in [0.5, 0.6) is 0 Å². The van der Waals surface area contributed by atoms with Crippen LogP contribution in [0.25, 0.3) is 16.6 Å². The Kier molecular flexibility index (Phi) is 5.17. The third-order valence-corrected chi connectivity index (χ3v) is 5.83. The van der Waals surface area contributed by atoms with Crippen LogP contribution in [0.15, 0.2) is 48.5 Å². The Morgan fingerprint density at radius 3 is 2.33 bits per heavy atom. The number of nitrogens with zero attached hydrogens (tertiary/aromatic N) is 3. The molecule has 0 bridgehead atoms. The molecule has 0 radical (unpaired) electrons. The van der Waals surface area contributed by atoms with E-state index >= 15 is 0 Å². The zero-order chi connectivity index (χ0) is 18.8. The molecule has 3 aromatic rings. The predicted octanol–water partition coefficient (Wildman–Crippen LogP) is 4.27. The quantitative estimate of drug-likeness (QED) is 0.755. The van der Waals surface area contributed by atoms with E-state index in [1.807, 2.05) is 13.8 Å². The van der Waals surface area contributed by atoms with Gasteiger partial charge in [0.15, 0.2) is 0 Å². The van der Waals surface area contributed by atoms with Crippen LogP contribution in [0.3, 0.4) is 0 Å². The molecule has 0 saturated carbocycles. The first-order valence-corrected chi connectivity index (χ1v) is 10.4. The molecule has 2 fully saturated rings. The van der Waals surface area contributed by atoms with Crippen LogP contribution in [0.2, 0.25) is 0 Å². The number of nitrogens with one attached hydrogen (secondary N) is 1. The normalized spacial score (nSPS) is 21.2. The minimum Gasteiger partial charge on any atom is -0.371 e. The van der Waals surface area contributed by atoms with E-state index in [0.717, 1.165) is 23.9 Å². The summed E-state index contributed by atoms with van der Waals surface area (Å²) in [6, 6.07) is 17.4. The maximum Gasteiger partial charge on any atom is 0.0764 e. The molecule has 5 rings (SSSR count). The van der Waals surface area contributed by atoms with Crippen LogP contribution in [0.4, 0.5) is 5.69 Å². The van der Waals surface area contributed by atoms with Crippen molar-refractivity contribution < 1.29 is 0 Å². The number of para-hydroxylation sites is 1. The number of anilines is 1. The average molecular weight is 363 g/mol. The van der Waals surface area contributed by atoms with Crippen LogP contribution in [-0.4, -0.2) is 36.0 Å². The van der Waals surface area contributed by atoms with Gasteiger partial charge in [-0.05, 0) is 48.6 Å². The van der Waals surface area contributed by atoms with E-state index in [-0.39, 0.29) is 0 Å². The summed E-state index contributed by atoms with van der Waals surface area (Å²) in [4.78, 5) is 2.56. The smallest absolute Gasteiger partial charge is 0.0764 e. The highest BCUT2D eigenvalue weighted by molar-refractivity contribution is 5.87. The number of hydrogen-bond donors (Lipinski definition) is 1. The van der Waals surface area contributed by atoms with Gasteiger partial charge in [-0.15, -0.1) is 0 Å². The number of fused-ring (bicyclic) bond motifs is 2. The summed E-state index contributed by atoms with van der Waals surface area (Å²) in [5.74, 6) is 1.61. The summed E-state index contributed by atoms with van der Waals surface area (Å²) in [5.41, 5.74) is 4.86. The van der Waals surface area contributed by atoms with E-state index in [4.69, 9.17) is 5.10 Å². The number of hydrogen-bond acceptors (Lipinski definition) is 3. The fraction of sp³-hybridized carbons (Fsp3) is 0.435. The molecule has 4 nitrogen and oxygen atoms in total. The molecule has 0 amide bonds. The lowest BCUT2D eigenvalue weighted by atomic mass is 10.0. The standard InChI is InChI=1S/C21H24N4.C2H6/c1-2-20-19-9-8-18(24-13-15-11-22-12-16(15)14-24)10-21(19)25(23-20)17-6-4-3-5-7-17;1-2/h3-10,15-16,22H,2,11-14H2,1H3;1-2H3. The maximum atomic E-state index is 4.89. The van der Waals surface area contributed by atoms with Gasteiger partial charge in [0.1, 0.15) is 0 Å². The summed E-state index contributed by atoms with van der Waals surface area (Å²) < 4.78 is 2.11. The molecule has 2 aromatic carbocycles. The maximum absolute atomic E-state index is 4.89. The lowest BCUT2D eigenvalue weighted by molar-refractivity contribution is 0.533. The molecule has 142 valence electrons. The monoisotopic (exact) mass is 362 g/mol. The summed E-state index contributed by atoms with van der Waals surface area (Å²) in [6.07, 6.45) is 0.954. The Bertz CT molecular complexity index is 887. The number of aryl methyl sites for hydroxylation is 1. The van der Waals surface area contributed by atoms with Crippen molar-refractivity contribution in [3.05, 3.63) is 54.2 Å². The van der Waals surface area contributed by atoms with Crippen molar-refractivity contribution in [1.82, 2.24) is 15.1 Å². The van der Waals surface area contributed by atoms with Gasteiger partial charge in [0.25, 0.3) is 0 Å². The second-order valence-electron chi connectivity index (χ2n) is 7.33. The zero-order valence-electron chi connectivity index (χ0n) is 16.7. The van der Waals surface area contributed by atoms with Gasteiger partial charge < -0.3 is 10.2 Å². The number of aromatic nitrogens is 2. The Morgan fingerprint density at radius 2 is 1.67 bits per heavy atom. The van der Waals surface area contributed by atoms with Crippen molar-refractivity contribution in [3.63, 3.8) is 0 Å². The van der Waals surface area contributed by atoms with Crippen molar-refractivity contribution in [2.24, 2.45) is 11.8 Å². The fourth-order valence-electron chi connectivity index (χ4n) is 4.46. The minimum absolute atomic E-state index is 0.806. The molecular weight excluding hydrogens is 332 g/mol. The third kappa shape index (κ3) is 3.23. The van der Waals surface area contributed by atoms with Crippen LogP contribution < -0.4 is 10.2 Å². The van der Waals surface area contributed by atoms with Crippen LogP contribution in [0, 0.1) is 11.8 Å². The molecule has 1 N–H and O–H groups in total. The molecule has 2 unspecified atom stereocenters. The zero-order valence-corrected chi connectivity index (χ0v) is 16.7. The Balaban J connectivity index is 0.000000872. The Labute approximate surface area is 162 Å². The van der Waals surface area contributed by atoms with E-state index in [2.05, 4.69) is 70.4 Å². The minimum atomic E-state index is 0.806. The first-order chi connectivity index (χ1) is 13.3. The number of benzene rings is 2. The molecule has 3 heterocycles. The molecule has 4 heteroatoms. The summed E-state index contributed by atoms with van der Waals surface area (Å²) in [7, 11) is 0. The van der Waals surface area contributed by atoms with Crippen LogP contribution in [-0.2, 0) is 6.42 Å². The van der Waals surface area contributed by atoms with Crippen molar-refractivity contribution in [1.29, 1.82) is 0 Å². The SMILES string of the molecule is CC.CCc1nn(-c2ccccc2)c2cc(N3CC4CNCC4C3)ccc12. The first kappa shape index (κ1) is 18.1. The predicted molar refractivity (Wildman–Crippen MR) is 114 cm³/mol. The Hall–Kier alpha value is -2.33.